The average Bonchev–Trinajstić information content (AvgIpc) is 2.70. The second-order valence-electron chi connectivity index (χ2n) is 7.61. The van der Waals surface area contributed by atoms with Gasteiger partial charge in [-0.3, -0.25) is 0 Å². The van der Waals surface area contributed by atoms with E-state index in [0.717, 1.165) is 39.4 Å². The van der Waals surface area contributed by atoms with Crippen LogP contribution in [0.25, 0.3) is 11.3 Å². The van der Waals surface area contributed by atoms with Crippen molar-refractivity contribution in [1.29, 1.82) is 0 Å². The van der Waals surface area contributed by atoms with E-state index in [1.54, 1.807) is 12.1 Å². The molecule has 0 saturated heterocycles. The zero-order valence-electron chi connectivity index (χ0n) is 16.9. The smallest absolute Gasteiger partial charge is 0.205 e. The molecule has 1 aromatic heterocycles. The number of benzene rings is 2. The van der Waals surface area contributed by atoms with Crippen LogP contribution in [0.1, 0.15) is 36.2 Å². The molecular weight excluding hydrogens is 369 g/mol. The van der Waals surface area contributed by atoms with Crippen LogP contribution in [0.4, 0.5) is 4.39 Å². The summed E-state index contributed by atoms with van der Waals surface area (Å²) in [6, 6.07) is 16.4. The number of rotatable bonds is 5. The minimum Gasteiger partial charge on any atom is -0.461 e. The highest BCUT2D eigenvalue weighted by molar-refractivity contribution is 5.67. The maximum atomic E-state index is 13.4. The molecule has 0 saturated carbocycles. The normalized spacial score (nSPS) is 14.9. The fourth-order valence-corrected chi connectivity index (χ4v) is 3.44. The summed E-state index contributed by atoms with van der Waals surface area (Å²) in [6.07, 6.45) is 0. The Hall–Kier alpha value is -2.76. The van der Waals surface area contributed by atoms with Gasteiger partial charge in [-0.15, -0.1) is 0 Å². The first-order valence-electron chi connectivity index (χ1n) is 9.66. The topological polar surface area (TPSA) is 40.6 Å². The van der Waals surface area contributed by atoms with Crippen molar-refractivity contribution in [2.75, 3.05) is 0 Å². The molecule has 1 aliphatic rings. The van der Waals surface area contributed by atoms with Gasteiger partial charge in [0.25, 0.3) is 0 Å². The second kappa shape index (κ2) is 7.93. The average molecular weight is 393 g/mol. The number of hydrogen-bond acceptors (Lipinski definition) is 4. The van der Waals surface area contributed by atoms with Gasteiger partial charge in [-0.05, 0) is 36.8 Å². The summed E-state index contributed by atoms with van der Waals surface area (Å²) >= 11 is 0. The molecule has 0 N–H and O–H groups in total. The van der Waals surface area contributed by atoms with Gasteiger partial charge in [-0.2, -0.15) is 0 Å². The molecule has 2 heterocycles. The molecule has 29 heavy (non-hydrogen) atoms. The molecule has 0 spiro atoms. The lowest BCUT2D eigenvalue weighted by atomic mass is 9.98. The van der Waals surface area contributed by atoms with Crippen LogP contribution >= 0.6 is 0 Å². The van der Waals surface area contributed by atoms with Crippen molar-refractivity contribution >= 4 is 0 Å². The van der Waals surface area contributed by atoms with Gasteiger partial charge >= 0.3 is 0 Å². The van der Waals surface area contributed by atoms with Crippen LogP contribution in [0, 0.1) is 12.7 Å². The molecule has 0 unspecified atom stereocenters. The van der Waals surface area contributed by atoms with Crippen molar-refractivity contribution in [1.82, 2.24) is 4.98 Å². The van der Waals surface area contributed by atoms with E-state index in [2.05, 4.69) is 0 Å². The zero-order chi connectivity index (χ0) is 20.4. The Morgan fingerprint density at radius 2 is 1.76 bits per heavy atom. The summed E-state index contributed by atoms with van der Waals surface area (Å²) in [4.78, 5) is 4.79. The predicted octanol–water partition coefficient (Wildman–Crippen LogP) is 5.56. The van der Waals surface area contributed by atoms with Crippen molar-refractivity contribution in [3.8, 4) is 17.0 Å². The van der Waals surface area contributed by atoms with Gasteiger partial charge in [0.15, 0.2) is 0 Å². The third-order valence-electron chi connectivity index (χ3n) is 4.92. The number of fused-ring (bicyclic) bond motifs is 1. The fourth-order valence-electron chi connectivity index (χ4n) is 3.44. The lowest BCUT2D eigenvalue weighted by molar-refractivity contribution is -0.181. The van der Waals surface area contributed by atoms with E-state index in [4.69, 9.17) is 19.2 Å². The van der Waals surface area contributed by atoms with E-state index < -0.39 is 5.79 Å². The van der Waals surface area contributed by atoms with Gasteiger partial charge in [0.1, 0.15) is 11.6 Å². The largest absolute Gasteiger partial charge is 0.461 e. The highest BCUT2D eigenvalue weighted by Crippen LogP contribution is 2.39. The van der Waals surface area contributed by atoms with Crippen LogP contribution in [0.3, 0.4) is 0 Å². The van der Waals surface area contributed by atoms with Gasteiger partial charge in [-0.25, -0.2) is 9.37 Å². The fraction of sp³-hybridized carbons (Fsp3) is 0.292. The maximum Gasteiger partial charge on any atom is 0.205 e. The molecule has 0 amide bonds. The number of aryl methyl sites for hydroxylation is 1. The molecule has 2 aromatic carbocycles. The van der Waals surface area contributed by atoms with Crippen LogP contribution in [0.15, 0.2) is 54.6 Å². The Bertz CT molecular complexity index is 1000. The number of aromatic nitrogens is 1. The molecule has 0 bridgehead atoms. The van der Waals surface area contributed by atoms with Crippen molar-refractivity contribution in [3.63, 3.8) is 0 Å². The standard InChI is InChI=1S/C24H24FNO3/c1-16-23-21(15-28-24(2,3)29-23)20(14-27-13-17-7-5-4-6-8-17)22(26-16)18-9-11-19(25)12-10-18/h4-12H,13-15H2,1-3H3. The third kappa shape index (κ3) is 4.31. The van der Waals surface area contributed by atoms with Crippen molar-refractivity contribution in [2.45, 2.75) is 46.4 Å². The van der Waals surface area contributed by atoms with Crippen LogP contribution in [-0.2, 0) is 29.3 Å². The van der Waals surface area contributed by atoms with Crippen LogP contribution in [0.5, 0.6) is 5.75 Å². The Balaban J connectivity index is 1.72. The van der Waals surface area contributed by atoms with E-state index in [0.29, 0.717) is 19.8 Å². The van der Waals surface area contributed by atoms with E-state index in [9.17, 15) is 4.39 Å². The first-order valence-corrected chi connectivity index (χ1v) is 9.66. The van der Waals surface area contributed by atoms with Gasteiger partial charge in [0.2, 0.25) is 5.79 Å². The minimum absolute atomic E-state index is 0.279. The second-order valence-corrected chi connectivity index (χ2v) is 7.61. The van der Waals surface area contributed by atoms with Crippen molar-refractivity contribution < 1.29 is 18.6 Å². The lowest BCUT2D eigenvalue weighted by Crippen LogP contribution is -2.36. The van der Waals surface area contributed by atoms with Gasteiger partial charge in [0, 0.05) is 30.5 Å². The van der Waals surface area contributed by atoms with Crippen molar-refractivity contribution in [2.24, 2.45) is 0 Å². The highest BCUT2D eigenvalue weighted by atomic mass is 19.1. The SMILES string of the molecule is Cc1nc(-c2ccc(F)cc2)c(COCc2ccccc2)c2c1OC(C)(C)OC2. The Kier molecular flexibility index (Phi) is 5.35. The molecule has 1 aliphatic heterocycles. The molecule has 4 rings (SSSR count). The number of nitrogens with zero attached hydrogens (tertiary/aromatic N) is 1. The van der Waals surface area contributed by atoms with Crippen LogP contribution in [0.2, 0.25) is 0 Å². The first kappa shape index (κ1) is 19.6. The zero-order valence-corrected chi connectivity index (χ0v) is 16.9. The molecule has 0 aliphatic carbocycles. The number of hydrogen-bond donors (Lipinski definition) is 0. The summed E-state index contributed by atoms with van der Waals surface area (Å²) in [5.74, 6) is -0.247. The summed E-state index contributed by atoms with van der Waals surface area (Å²) in [6.45, 7) is 6.93. The van der Waals surface area contributed by atoms with Gasteiger partial charge < -0.3 is 14.2 Å². The number of halogens is 1. The van der Waals surface area contributed by atoms with Crippen molar-refractivity contribution in [3.05, 3.63) is 82.8 Å². The summed E-state index contributed by atoms with van der Waals surface area (Å²) in [7, 11) is 0. The molecule has 4 nitrogen and oxygen atoms in total. The lowest BCUT2D eigenvalue weighted by Gasteiger charge is -2.34. The Morgan fingerprint density at radius 1 is 1.03 bits per heavy atom. The van der Waals surface area contributed by atoms with E-state index in [1.807, 2.05) is 51.1 Å². The maximum absolute atomic E-state index is 13.4. The quantitative estimate of drug-likeness (QED) is 0.569. The molecule has 0 fully saturated rings. The molecule has 3 aromatic rings. The van der Waals surface area contributed by atoms with Gasteiger partial charge in [-0.1, -0.05) is 30.3 Å². The molecule has 0 radical (unpaired) electrons. The highest BCUT2D eigenvalue weighted by Gasteiger charge is 2.32. The summed E-state index contributed by atoms with van der Waals surface area (Å²) in [5.41, 5.74) is 5.32. The number of ether oxygens (including phenoxy) is 3. The van der Waals surface area contributed by atoms with E-state index in [-0.39, 0.29) is 5.82 Å². The molecule has 5 heteroatoms. The molecular formula is C24H24FNO3. The van der Waals surface area contributed by atoms with Crippen LogP contribution in [-0.4, -0.2) is 10.8 Å². The minimum atomic E-state index is -0.709. The van der Waals surface area contributed by atoms with E-state index in [1.165, 1.54) is 12.1 Å². The first-order chi connectivity index (χ1) is 13.9. The molecule has 0 atom stereocenters. The predicted molar refractivity (Wildman–Crippen MR) is 109 cm³/mol. The monoisotopic (exact) mass is 393 g/mol. The molecule has 150 valence electrons. The third-order valence-corrected chi connectivity index (χ3v) is 4.92. The Morgan fingerprint density at radius 3 is 2.48 bits per heavy atom. The summed E-state index contributed by atoms with van der Waals surface area (Å²) in [5, 5.41) is 0. The van der Waals surface area contributed by atoms with Gasteiger partial charge in [0.05, 0.1) is 31.2 Å². The van der Waals surface area contributed by atoms with Crippen LogP contribution < -0.4 is 4.74 Å². The Labute approximate surface area is 170 Å². The van der Waals surface area contributed by atoms with E-state index >= 15 is 0 Å². The summed E-state index contributed by atoms with van der Waals surface area (Å²) < 4.78 is 31.4. The number of pyridine rings is 1.